The number of rotatable bonds is 2. The molecule has 0 atom stereocenters. The van der Waals surface area contributed by atoms with Gasteiger partial charge in [0.05, 0.1) is 0 Å². The van der Waals surface area contributed by atoms with E-state index in [1.165, 1.54) is 64.2 Å². The number of carbonyl (C=O) groups is 1. The van der Waals surface area contributed by atoms with Gasteiger partial charge in [-0.2, -0.15) is 0 Å². The minimum atomic E-state index is 0.184. The highest BCUT2D eigenvalue weighted by atomic mass is 16.1. The molecule has 0 aromatic heterocycles. The Balaban J connectivity index is 1.61. The molecule has 0 heterocycles. The Bertz CT molecular complexity index is 302. The molecule has 17 heavy (non-hydrogen) atoms. The summed E-state index contributed by atoms with van der Waals surface area (Å²) in [6, 6.07) is 0. The van der Waals surface area contributed by atoms with Gasteiger partial charge in [-0.1, -0.05) is 12.8 Å². The summed E-state index contributed by atoms with van der Waals surface area (Å²) < 4.78 is 0. The van der Waals surface area contributed by atoms with E-state index in [0.29, 0.717) is 11.7 Å². The first-order chi connectivity index (χ1) is 8.25. The van der Waals surface area contributed by atoms with Crippen molar-refractivity contribution in [2.75, 3.05) is 0 Å². The molecule has 0 saturated heterocycles. The fraction of sp³-hybridized carbons (Fsp3) is 0.938. The van der Waals surface area contributed by atoms with Crippen molar-refractivity contribution >= 4 is 5.78 Å². The summed E-state index contributed by atoms with van der Waals surface area (Å²) in [7, 11) is 0. The standard InChI is InChI=1S/C16H24O/c17-15(14-3-1-2-4-14)16-8-11-5-12(9-16)7-13(6-11)10-16/h11-14H,1-10H2. The van der Waals surface area contributed by atoms with Gasteiger partial charge in [0.25, 0.3) is 0 Å². The number of ketones is 1. The van der Waals surface area contributed by atoms with Gasteiger partial charge in [0.15, 0.2) is 0 Å². The van der Waals surface area contributed by atoms with Crippen molar-refractivity contribution in [3.63, 3.8) is 0 Å². The molecule has 5 rings (SSSR count). The topological polar surface area (TPSA) is 17.1 Å². The van der Waals surface area contributed by atoms with Gasteiger partial charge in [0.2, 0.25) is 0 Å². The van der Waals surface area contributed by atoms with Crippen molar-refractivity contribution < 1.29 is 4.79 Å². The minimum Gasteiger partial charge on any atom is -0.299 e. The molecule has 1 heteroatoms. The van der Waals surface area contributed by atoms with Gasteiger partial charge in [0.1, 0.15) is 5.78 Å². The van der Waals surface area contributed by atoms with Crippen LogP contribution in [0.3, 0.4) is 0 Å². The fourth-order valence-corrected chi connectivity index (χ4v) is 6.03. The van der Waals surface area contributed by atoms with E-state index < -0.39 is 0 Å². The maximum atomic E-state index is 12.9. The summed E-state index contributed by atoms with van der Waals surface area (Å²) in [6.45, 7) is 0. The molecular formula is C16H24O. The zero-order valence-electron chi connectivity index (χ0n) is 10.8. The largest absolute Gasteiger partial charge is 0.299 e. The Hall–Kier alpha value is -0.330. The van der Waals surface area contributed by atoms with Crippen molar-refractivity contribution in [2.45, 2.75) is 64.2 Å². The molecule has 0 aromatic carbocycles. The first-order valence-electron chi connectivity index (χ1n) is 7.79. The SMILES string of the molecule is O=C(C1CCCC1)C12CC3CC(CC(C3)C1)C2. The summed E-state index contributed by atoms with van der Waals surface area (Å²) in [6.07, 6.45) is 13.2. The van der Waals surface area contributed by atoms with Crippen LogP contribution in [0.5, 0.6) is 0 Å². The summed E-state index contributed by atoms with van der Waals surface area (Å²) in [4.78, 5) is 12.9. The Labute approximate surface area is 104 Å². The highest BCUT2D eigenvalue weighted by Gasteiger charge is 2.55. The van der Waals surface area contributed by atoms with Crippen LogP contribution in [0.15, 0.2) is 0 Å². The third-order valence-corrected chi connectivity index (χ3v) is 6.29. The second-order valence-corrected chi connectivity index (χ2v) is 7.54. The van der Waals surface area contributed by atoms with Gasteiger partial charge in [-0.15, -0.1) is 0 Å². The number of Topliss-reactive ketones (excluding diaryl/α,β-unsaturated/α-hetero) is 1. The van der Waals surface area contributed by atoms with Gasteiger partial charge in [-0.3, -0.25) is 4.79 Å². The lowest BCUT2D eigenvalue weighted by Gasteiger charge is -2.56. The Morgan fingerprint density at radius 1 is 0.824 bits per heavy atom. The maximum absolute atomic E-state index is 12.9. The molecule has 0 spiro atoms. The summed E-state index contributed by atoms with van der Waals surface area (Å²) in [5.74, 6) is 3.95. The van der Waals surface area contributed by atoms with Crippen LogP contribution in [0.25, 0.3) is 0 Å². The molecule has 0 aromatic rings. The number of hydrogen-bond donors (Lipinski definition) is 0. The first-order valence-corrected chi connectivity index (χ1v) is 7.79. The molecule has 94 valence electrons. The second kappa shape index (κ2) is 3.59. The van der Waals surface area contributed by atoms with Gasteiger partial charge < -0.3 is 0 Å². The zero-order valence-corrected chi connectivity index (χ0v) is 10.8. The molecule has 0 amide bonds. The monoisotopic (exact) mass is 232 g/mol. The smallest absolute Gasteiger partial charge is 0.142 e. The van der Waals surface area contributed by atoms with E-state index >= 15 is 0 Å². The van der Waals surface area contributed by atoms with Crippen molar-refractivity contribution in [1.82, 2.24) is 0 Å². The van der Waals surface area contributed by atoms with Crippen LogP contribution in [0.1, 0.15) is 64.2 Å². The van der Waals surface area contributed by atoms with E-state index in [2.05, 4.69) is 0 Å². The quantitative estimate of drug-likeness (QED) is 0.704. The number of hydrogen-bond acceptors (Lipinski definition) is 1. The third kappa shape index (κ3) is 1.54. The molecule has 0 N–H and O–H groups in total. The summed E-state index contributed by atoms with van der Waals surface area (Å²) in [5.41, 5.74) is 0.184. The van der Waals surface area contributed by atoms with Crippen molar-refractivity contribution in [3.8, 4) is 0 Å². The maximum Gasteiger partial charge on any atom is 0.142 e. The Morgan fingerprint density at radius 3 is 1.76 bits per heavy atom. The van der Waals surface area contributed by atoms with Crippen molar-refractivity contribution in [3.05, 3.63) is 0 Å². The predicted molar refractivity (Wildman–Crippen MR) is 67.6 cm³/mol. The highest BCUT2D eigenvalue weighted by molar-refractivity contribution is 5.87. The van der Waals surface area contributed by atoms with Crippen LogP contribution in [-0.2, 0) is 4.79 Å². The van der Waals surface area contributed by atoms with E-state index in [0.717, 1.165) is 17.8 Å². The van der Waals surface area contributed by atoms with E-state index in [9.17, 15) is 4.79 Å². The predicted octanol–water partition coefficient (Wildman–Crippen LogP) is 3.96. The zero-order chi connectivity index (χ0) is 11.5. The molecule has 4 bridgehead atoms. The molecule has 0 aliphatic heterocycles. The van der Waals surface area contributed by atoms with Crippen LogP contribution >= 0.6 is 0 Å². The van der Waals surface area contributed by atoms with E-state index in [-0.39, 0.29) is 5.41 Å². The van der Waals surface area contributed by atoms with E-state index in [1.54, 1.807) is 0 Å². The van der Waals surface area contributed by atoms with Crippen LogP contribution in [-0.4, -0.2) is 5.78 Å². The van der Waals surface area contributed by atoms with Gasteiger partial charge >= 0.3 is 0 Å². The molecule has 5 aliphatic carbocycles. The van der Waals surface area contributed by atoms with Crippen LogP contribution in [0.2, 0.25) is 0 Å². The van der Waals surface area contributed by atoms with Gasteiger partial charge in [-0.25, -0.2) is 0 Å². The molecule has 5 aliphatic rings. The molecule has 0 radical (unpaired) electrons. The van der Waals surface area contributed by atoms with E-state index in [4.69, 9.17) is 0 Å². The van der Waals surface area contributed by atoms with Crippen LogP contribution < -0.4 is 0 Å². The minimum absolute atomic E-state index is 0.184. The third-order valence-electron chi connectivity index (χ3n) is 6.29. The fourth-order valence-electron chi connectivity index (χ4n) is 6.03. The molecule has 5 saturated carbocycles. The highest BCUT2D eigenvalue weighted by Crippen LogP contribution is 2.61. The first kappa shape index (κ1) is 10.6. The Kier molecular flexibility index (Phi) is 2.23. The average Bonchev–Trinajstić information content (AvgIpc) is 2.79. The van der Waals surface area contributed by atoms with Gasteiger partial charge in [0, 0.05) is 11.3 Å². The Morgan fingerprint density at radius 2 is 1.29 bits per heavy atom. The normalized spacial score (nSPS) is 48.8. The average molecular weight is 232 g/mol. The summed E-state index contributed by atoms with van der Waals surface area (Å²) in [5, 5.41) is 0. The lowest BCUT2D eigenvalue weighted by molar-refractivity contribution is -0.148. The molecule has 5 fully saturated rings. The lowest BCUT2D eigenvalue weighted by atomic mass is 9.47. The summed E-state index contributed by atoms with van der Waals surface area (Å²) >= 11 is 0. The number of carbonyl (C=O) groups excluding carboxylic acids is 1. The van der Waals surface area contributed by atoms with Crippen LogP contribution in [0.4, 0.5) is 0 Å². The lowest BCUT2D eigenvalue weighted by Crippen LogP contribution is -2.51. The van der Waals surface area contributed by atoms with Crippen molar-refractivity contribution in [1.29, 1.82) is 0 Å². The molecule has 0 unspecified atom stereocenters. The van der Waals surface area contributed by atoms with Crippen molar-refractivity contribution in [2.24, 2.45) is 29.1 Å². The molecular weight excluding hydrogens is 208 g/mol. The van der Waals surface area contributed by atoms with E-state index in [1.807, 2.05) is 0 Å². The molecule has 1 nitrogen and oxygen atoms in total. The van der Waals surface area contributed by atoms with Crippen LogP contribution in [0, 0.1) is 29.1 Å². The second-order valence-electron chi connectivity index (χ2n) is 7.54. The van der Waals surface area contributed by atoms with Gasteiger partial charge in [-0.05, 0) is 69.1 Å².